The summed E-state index contributed by atoms with van der Waals surface area (Å²) in [5.41, 5.74) is 1.06. The number of aromatic nitrogens is 2. The molecule has 0 bridgehead atoms. The van der Waals surface area contributed by atoms with E-state index in [0.29, 0.717) is 10.0 Å². The van der Waals surface area contributed by atoms with Crippen molar-refractivity contribution in [2.75, 3.05) is 0 Å². The normalized spacial score (nSPS) is 12.3. The first-order chi connectivity index (χ1) is 10.6. The van der Waals surface area contributed by atoms with Crippen molar-refractivity contribution in [1.82, 2.24) is 9.55 Å². The maximum atomic E-state index is 6.39. The van der Waals surface area contributed by atoms with Crippen molar-refractivity contribution in [3.8, 4) is 0 Å². The fourth-order valence-corrected chi connectivity index (χ4v) is 4.34. The molecular formula is C16H18Cl2N2S2. The molecule has 0 N–H and O–H groups in total. The van der Waals surface area contributed by atoms with E-state index in [1.165, 1.54) is 0 Å². The highest BCUT2D eigenvalue weighted by Crippen LogP contribution is 2.37. The second-order valence-corrected chi connectivity index (χ2v) is 7.90. The van der Waals surface area contributed by atoms with E-state index in [9.17, 15) is 0 Å². The number of thioether (sulfide) groups is 1. The Hall–Kier alpha value is -0.550. The molecule has 0 aliphatic carbocycles. The van der Waals surface area contributed by atoms with E-state index in [1.54, 1.807) is 24.0 Å². The van der Waals surface area contributed by atoms with Crippen LogP contribution in [0.4, 0.5) is 0 Å². The van der Waals surface area contributed by atoms with Gasteiger partial charge in [-0.05, 0) is 30.5 Å². The summed E-state index contributed by atoms with van der Waals surface area (Å²) >= 11 is 19.6. The SMILES string of the molecule is CCCCC(=S)SC(Cn1ccnc1)c1ccc(Cl)cc1Cl. The fourth-order valence-electron chi connectivity index (χ4n) is 2.09. The Morgan fingerprint density at radius 1 is 1.41 bits per heavy atom. The van der Waals surface area contributed by atoms with E-state index < -0.39 is 0 Å². The Balaban J connectivity index is 2.18. The molecule has 0 aliphatic heterocycles. The fraction of sp³-hybridized carbons (Fsp3) is 0.375. The topological polar surface area (TPSA) is 17.8 Å². The highest BCUT2D eigenvalue weighted by atomic mass is 35.5. The molecule has 1 aromatic carbocycles. The molecule has 1 unspecified atom stereocenters. The maximum Gasteiger partial charge on any atom is 0.0946 e. The monoisotopic (exact) mass is 372 g/mol. The highest BCUT2D eigenvalue weighted by molar-refractivity contribution is 8.23. The smallest absolute Gasteiger partial charge is 0.0946 e. The highest BCUT2D eigenvalue weighted by Gasteiger charge is 2.18. The molecule has 2 aromatic rings. The number of unbranched alkanes of at least 4 members (excludes halogenated alkanes) is 1. The minimum atomic E-state index is 0.156. The van der Waals surface area contributed by atoms with E-state index in [2.05, 4.69) is 11.9 Å². The van der Waals surface area contributed by atoms with Crippen molar-refractivity contribution in [2.45, 2.75) is 38.0 Å². The summed E-state index contributed by atoms with van der Waals surface area (Å²) in [4.78, 5) is 4.10. The van der Waals surface area contributed by atoms with Gasteiger partial charge in [-0.2, -0.15) is 0 Å². The summed E-state index contributed by atoms with van der Waals surface area (Å²) < 4.78 is 3.07. The van der Waals surface area contributed by atoms with Crippen molar-refractivity contribution in [2.24, 2.45) is 0 Å². The van der Waals surface area contributed by atoms with Crippen LogP contribution in [0.25, 0.3) is 0 Å². The number of nitrogens with zero attached hydrogens (tertiary/aromatic N) is 2. The molecule has 0 radical (unpaired) electrons. The molecule has 0 fully saturated rings. The third-order valence-corrected chi connectivity index (χ3v) is 5.46. The molecule has 6 heteroatoms. The number of halogens is 2. The molecule has 0 saturated heterocycles. The van der Waals surface area contributed by atoms with Gasteiger partial charge in [0.05, 0.1) is 11.6 Å². The number of benzene rings is 1. The van der Waals surface area contributed by atoms with Gasteiger partial charge < -0.3 is 4.57 Å². The predicted octanol–water partition coefficient (Wildman–Crippen LogP) is 6.18. The number of imidazole rings is 1. The number of rotatable bonds is 7. The van der Waals surface area contributed by atoms with Crippen LogP contribution in [0.3, 0.4) is 0 Å². The summed E-state index contributed by atoms with van der Waals surface area (Å²) in [6.07, 6.45) is 8.77. The summed E-state index contributed by atoms with van der Waals surface area (Å²) in [5, 5.41) is 1.49. The van der Waals surface area contributed by atoms with Crippen LogP contribution in [0.1, 0.15) is 37.0 Å². The molecule has 22 heavy (non-hydrogen) atoms. The van der Waals surface area contributed by atoms with Gasteiger partial charge in [-0.25, -0.2) is 4.98 Å². The Morgan fingerprint density at radius 2 is 2.23 bits per heavy atom. The van der Waals surface area contributed by atoms with Crippen LogP contribution in [-0.2, 0) is 6.54 Å². The summed E-state index contributed by atoms with van der Waals surface area (Å²) in [6, 6.07) is 5.65. The van der Waals surface area contributed by atoms with Gasteiger partial charge in [-0.1, -0.05) is 54.8 Å². The number of hydrogen-bond donors (Lipinski definition) is 0. The Bertz CT molecular complexity index is 615. The second-order valence-electron chi connectivity index (χ2n) is 5.01. The van der Waals surface area contributed by atoms with Gasteiger partial charge in [0.25, 0.3) is 0 Å². The molecule has 1 heterocycles. The average molecular weight is 373 g/mol. The molecular weight excluding hydrogens is 355 g/mol. The molecule has 0 aliphatic rings. The maximum absolute atomic E-state index is 6.39. The molecule has 1 atom stereocenters. The van der Waals surface area contributed by atoms with Crippen molar-refractivity contribution in [3.63, 3.8) is 0 Å². The lowest BCUT2D eigenvalue weighted by molar-refractivity contribution is 0.685. The van der Waals surface area contributed by atoms with E-state index >= 15 is 0 Å². The van der Waals surface area contributed by atoms with E-state index in [4.69, 9.17) is 35.4 Å². The van der Waals surface area contributed by atoms with Crippen LogP contribution in [0.2, 0.25) is 10.0 Å². The van der Waals surface area contributed by atoms with E-state index in [-0.39, 0.29) is 5.25 Å². The summed E-state index contributed by atoms with van der Waals surface area (Å²) in [6.45, 7) is 2.95. The second kappa shape index (κ2) is 8.92. The Morgan fingerprint density at radius 3 is 2.86 bits per heavy atom. The van der Waals surface area contributed by atoms with Gasteiger partial charge in [-0.3, -0.25) is 0 Å². The molecule has 1 aromatic heterocycles. The van der Waals surface area contributed by atoms with Gasteiger partial charge in [-0.15, -0.1) is 11.8 Å². The first kappa shape index (κ1) is 17.8. The molecule has 118 valence electrons. The third kappa shape index (κ3) is 5.27. The summed E-state index contributed by atoms with van der Waals surface area (Å²) in [7, 11) is 0. The lowest BCUT2D eigenvalue weighted by Gasteiger charge is -2.19. The van der Waals surface area contributed by atoms with Crippen LogP contribution < -0.4 is 0 Å². The zero-order valence-electron chi connectivity index (χ0n) is 12.3. The van der Waals surface area contributed by atoms with E-state index in [0.717, 1.165) is 35.6 Å². The van der Waals surface area contributed by atoms with Crippen LogP contribution in [-0.4, -0.2) is 13.7 Å². The zero-order chi connectivity index (χ0) is 15.9. The van der Waals surface area contributed by atoms with Crippen molar-refractivity contribution >= 4 is 51.4 Å². The first-order valence-corrected chi connectivity index (χ1v) is 9.24. The lowest BCUT2D eigenvalue weighted by atomic mass is 10.1. The molecule has 0 amide bonds. The third-order valence-electron chi connectivity index (χ3n) is 3.25. The van der Waals surface area contributed by atoms with Gasteiger partial charge in [0.15, 0.2) is 0 Å². The molecule has 0 spiro atoms. The van der Waals surface area contributed by atoms with Crippen LogP contribution in [0, 0.1) is 0 Å². The van der Waals surface area contributed by atoms with Gasteiger partial charge in [0.2, 0.25) is 0 Å². The Labute approximate surface area is 151 Å². The zero-order valence-corrected chi connectivity index (χ0v) is 15.5. The average Bonchev–Trinajstić information content (AvgIpc) is 2.97. The quantitative estimate of drug-likeness (QED) is 0.540. The van der Waals surface area contributed by atoms with Gasteiger partial charge in [0, 0.05) is 33.2 Å². The minimum Gasteiger partial charge on any atom is -0.336 e. The van der Waals surface area contributed by atoms with Crippen molar-refractivity contribution in [1.29, 1.82) is 0 Å². The summed E-state index contributed by atoms with van der Waals surface area (Å²) in [5.74, 6) is 0. The lowest BCUT2D eigenvalue weighted by Crippen LogP contribution is -2.08. The van der Waals surface area contributed by atoms with Crippen molar-refractivity contribution < 1.29 is 0 Å². The number of thiocarbonyl (C=S) groups is 1. The molecule has 2 rings (SSSR count). The van der Waals surface area contributed by atoms with Crippen molar-refractivity contribution in [3.05, 3.63) is 52.5 Å². The first-order valence-electron chi connectivity index (χ1n) is 7.20. The number of hydrogen-bond acceptors (Lipinski definition) is 3. The van der Waals surface area contributed by atoms with E-state index in [1.807, 2.05) is 29.2 Å². The van der Waals surface area contributed by atoms with Crippen LogP contribution in [0.15, 0.2) is 36.9 Å². The molecule has 2 nitrogen and oxygen atoms in total. The largest absolute Gasteiger partial charge is 0.336 e. The van der Waals surface area contributed by atoms with Crippen LogP contribution in [0.5, 0.6) is 0 Å². The minimum absolute atomic E-state index is 0.156. The van der Waals surface area contributed by atoms with Gasteiger partial charge in [0.1, 0.15) is 0 Å². The van der Waals surface area contributed by atoms with Crippen LogP contribution >= 0.6 is 47.2 Å². The standard InChI is InChI=1S/C16H18Cl2N2S2/c1-2-3-4-16(21)22-15(10-20-8-7-19-11-20)13-6-5-12(17)9-14(13)18/h5-9,11,15H,2-4,10H2,1H3. The molecule has 0 saturated carbocycles. The predicted molar refractivity (Wildman–Crippen MR) is 101 cm³/mol. The Kier molecular flexibility index (Phi) is 7.22. The van der Waals surface area contributed by atoms with Gasteiger partial charge >= 0.3 is 0 Å².